The van der Waals surface area contributed by atoms with E-state index in [9.17, 15) is 26.4 Å². The predicted octanol–water partition coefficient (Wildman–Crippen LogP) is 5.18. The number of halogens is 3. The lowest BCUT2D eigenvalue weighted by atomic mass is 10.1. The molecule has 0 saturated carbocycles. The van der Waals surface area contributed by atoms with Crippen LogP contribution in [0.15, 0.2) is 63.2 Å². The number of amides is 1. The largest absolute Gasteiger partial charge is 0.496 e. The second kappa shape index (κ2) is 9.67. The van der Waals surface area contributed by atoms with Gasteiger partial charge in [-0.3, -0.25) is 4.79 Å². The van der Waals surface area contributed by atoms with Crippen LogP contribution in [0.2, 0.25) is 0 Å². The Morgan fingerprint density at radius 1 is 0.971 bits per heavy atom. The highest BCUT2D eigenvalue weighted by Crippen LogP contribution is 2.41. The van der Waals surface area contributed by atoms with E-state index in [0.717, 1.165) is 17.8 Å². The number of hydrogen-bond donors (Lipinski definition) is 1. The quantitative estimate of drug-likeness (QED) is 0.450. The van der Waals surface area contributed by atoms with Crippen LogP contribution in [0.25, 0.3) is 6.08 Å². The number of methoxy groups -OCH3 is 2. The van der Waals surface area contributed by atoms with Crippen LogP contribution in [-0.4, -0.2) is 28.5 Å². The molecule has 0 unspecified atom stereocenters. The Hall–Kier alpha value is -3.44. The average molecular weight is 522 g/mol. The fourth-order valence-corrected chi connectivity index (χ4v) is 5.82. The zero-order valence-corrected chi connectivity index (χ0v) is 20.0. The van der Waals surface area contributed by atoms with E-state index >= 15 is 0 Å². The first-order valence-electron chi connectivity index (χ1n) is 10.0. The van der Waals surface area contributed by atoms with Crippen LogP contribution >= 0.6 is 11.8 Å². The van der Waals surface area contributed by atoms with Gasteiger partial charge in [0, 0.05) is 22.6 Å². The van der Waals surface area contributed by atoms with Crippen molar-refractivity contribution in [2.45, 2.75) is 15.5 Å². The summed E-state index contributed by atoms with van der Waals surface area (Å²) in [6.07, 6.45) is 0.978. The molecule has 35 heavy (non-hydrogen) atoms. The Bertz CT molecular complexity index is 1430. The molecule has 182 valence electrons. The summed E-state index contributed by atoms with van der Waals surface area (Å²) in [5.74, 6) is -3.77. The lowest BCUT2D eigenvalue weighted by Crippen LogP contribution is -2.18. The molecule has 0 aliphatic carbocycles. The maximum atomic E-state index is 14.0. The maximum Gasteiger partial charge on any atom is 0.262 e. The van der Waals surface area contributed by atoms with Crippen molar-refractivity contribution in [1.29, 1.82) is 0 Å². The molecule has 0 fully saturated rings. The summed E-state index contributed by atoms with van der Waals surface area (Å²) in [5.41, 5.74) is 0.0184. The van der Waals surface area contributed by atoms with Crippen LogP contribution < -0.4 is 14.8 Å². The third-order valence-electron chi connectivity index (χ3n) is 5.19. The van der Waals surface area contributed by atoms with E-state index in [0.29, 0.717) is 34.1 Å². The Balaban J connectivity index is 1.65. The molecule has 0 atom stereocenters. The molecule has 1 aliphatic rings. The summed E-state index contributed by atoms with van der Waals surface area (Å²) in [6, 6.07) is 10.1. The summed E-state index contributed by atoms with van der Waals surface area (Å²) in [7, 11) is -1.03. The predicted molar refractivity (Wildman–Crippen MR) is 126 cm³/mol. The molecular weight excluding hydrogens is 503 g/mol. The average Bonchev–Trinajstić information content (AvgIpc) is 2.81. The topological polar surface area (TPSA) is 81.7 Å². The van der Waals surface area contributed by atoms with Crippen LogP contribution in [-0.2, 0) is 20.4 Å². The van der Waals surface area contributed by atoms with Gasteiger partial charge >= 0.3 is 0 Å². The summed E-state index contributed by atoms with van der Waals surface area (Å²) in [6.45, 7) is 0. The highest BCUT2D eigenvalue weighted by atomic mass is 32.2. The maximum absolute atomic E-state index is 14.0. The monoisotopic (exact) mass is 521 g/mol. The number of anilines is 1. The van der Waals surface area contributed by atoms with Gasteiger partial charge in [0.2, 0.25) is 0 Å². The minimum absolute atomic E-state index is 0.0451. The molecule has 6 nitrogen and oxygen atoms in total. The van der Waals surface area contributed by atoms with Gasteiger partial charge in [0.25, 0.3) is 5.91 Å². The molecule has 1 heterocycles. The van der Waals surface area contributed by atoms with Gasteiger partial charge in [-0.2, -0.15) is 0 Å². The zero-order valence-electron chi connectivity index (χ0n) is 18.4. The van der Waals surface area contributed by atoms with Crippen molar-refractivity contribution in [3.8, 4) is 11.5 Å². The summed E-state index contributed by atoms with van der Waals surface area (Å²) in [4.78, 5) is 12.9. The number of ether oxygens (including phenoxy) is 2. The fraction of sp³-hybridized carbons (Fsp3) is 0.125. The standard InChI is InChI=1S/C24H18F3NO5S2/c1-32-20-4-3-5-21(33-2)16(20)12-35(30,31)14-6-7-22-19(10-14)28-24(29)23(34-22)11-15-17(26)8-13(25)9-18(15)27/h3-11H,12H2,1-2H3,(H,28,29)/b23-11-. The second-order valence-corrected chi connectivity index (χ2v) is 10.5. The molecule has 1 amide bonds. The van der Waals surface area contributed by atoms with Crippen LogP contribution in [0.5, 0.6) is 11.5 Å². The van der Waals surface area contributed by atoms with Crippen LogP contribution in [0.1, 0.15) is 11.1 Å². The van der Waals surface area contributed by atoms with Gasteiger partial charge < -0.3 is 14.8 Å². The van der Waals surface area contributed by atoms with Gasteiger partial charge in [0.15, 0.2) is 9.84 Å². The number of sulfone groups is 1. The Labute approximate surface area is 203 Å². The van der Waals surface area contributed by atoms with Gasteiger partial charge in [-0.25, -0.2) is 21.6 Å². The third-order valence-corrected chi connectivity index (χ3v) is 7.93. The SMILES string of the molecule is COc1cccc(OC)c1CS(=O)(=O)c1ccc2c(c1)NC(=O)/C(=C/c1c(F)cc(F)cc1F)S2. The molecule has 0 radical (unpaired) electrons. The highest BCUT2D eigenvalue weighted by Gasteiger charge is 2.26. The first-order chi connectivity index (χ1) is 16.6. The van der Waals surface area contributed by atoms with Crippen molar-refractivity contribution in [2.75, 3.05) is 19.5 Å². The van der Waals surface area contributed by atoms with E-state index in [1.165, 1.54) is 32.4 Å². The van der Waals surface area contributed by atoms with Crippen molar-refractivity contribution in [3.63, 3.8) is 0 Å². The van der Waals surface area contributed by atoms with Crippen molar-refractivity contribution < 1.29 is 35.9 Å². The van der Waals surface area contributed by atoms with Gasteiger partial charge in [0.05, 0.1) is 41.0 Å². The van der Waals surface area contributed by atoms with Crippen molar-refractivity contribution in [3.05, 3.63) is 82.0 Å². The van der Waals surface area contributed by atoms with E-state index in [1.54, 1.807) is 18.2 Å². The van der Waals surface area contributed by atoms with E-state index in [1.807, 2.05) is 0 Å². The van der Waals surface area contributed by atoms with Gasteiger partial charge in [0.1, 0.15) is 29.0 Å². The number of fused-ring (bicyclic) bond motifs is 1. The van der Waals surface area contributed by atoms with Gasteiger partial charge in [-0.15, -0.1) is 0 Å². The van der Waals surface area contributed by atoms with Crippen LogP contribution in [0, 0.1) is 17.5 Å². The molecule has 3 aromatic carbocycles. The number of carbonyl (C=O) groups is 1. The number of thioether (sulfide) groups is 1. The molecule has 1 N–H and O–H groups in total. The number of rotatable bonds is 6. The smallest absolute Gasteiger partial charge is 0.262 e. The Morgan fingerprint density at radius 2 is 1.60 bits per heavy atom. The van der Waals surface area contributed by atoms with E-state index < -0.39 is 44.5 Å². The van der Waals surface area contributed by atoms with E-state index in [2.05, 4.69) is 5.32 Å². The van der Waals surface area contributed by atoms with Gasteiger partial charge in [-0.05, 0) is 36.4 Å². The second-order valence-electron chi connectivity index (χ2n) is 7.41. The number of benzene rings is 3. The number of hydrogen-bond acceptors (Lipinski definition) is 6. The van der Waals surface area contributed by atoms with Crippen molar-refractivity contribution >= 4 is 39.3 Å². The van der Waals surface area contributed by atoms with Gasteiger partial charge in [-0.1, -0.05) is 17.8 Å². The molecule has 11 heteroatoms. The zero-order chi connectivity index (χ0) is 25.3. The first-order valence-corrected chi connectivity index (χ1v) is 12.5. The lowest BCUT2D eigenvalue weighted by Gasteiger charge is -2.20. The molecule has 1 aliphatic heterocycles. The summed E-state index contributed by atoms with van der Waals surface area (Å²) >= 11 is 0.904. The molecule has 4 rings (SSSR count). The van der Waals surface area contributed by atoms with Crippen molar-refractivity contribution in [1.82, 2.24) is 0 Å². The number of carbonyl (C=O) groups excluding carboxylic acids is 1. The molecule has 0 spiro atoms. The molecule has 0 aromatic heterocycles. The number of nitrogens with one attached hydrogen (secondary N) is 1. The van der Waals surface area contributed by atoms with Crippen molar-refractivity contribution in [2.24, 2.45) is 0 Å². The molecular formula is C24H18F3NO5S2. The Morgan fingerprint density at radius 3 is 2.20 bits per heavy atom. The fourth-order valence-electron chi connectivity index (χ4n) is 3.50. The normalized spacial score (nSPS) is 14.4. The lowest BCUT2D eigenvalue weighted by molar-refractivity contribution is -0.112. The van der Waals surface area contributed by atoms with E-state index in [4.69, 9.17) is 9.47 Å². The summed E-state index contributed by atoms with van der Waals surface area (Å²) in [5, 5.41) is 2.54. The minimum Gasteiger partial charge on any atom is -0.496 e. The highest BCUT2D eigenvalue weighted by molar-refractivity contribution is 8.04. The molecule has 0 bridgehead atoms. The molecule has 0 saturated heterocycles. The summed E-state index contributed by atoms with van der Waals surface area (Å²) < 4.78 is 78.0. The van der Waals surface area contributed by atoms with Crippen LogP contribution in [0.3, 0.4) is 0 Å². The Kier molecular flexibility index (Phi) is 6.82. The minimum atomic E-state index is -3.88. The van der Waals surface area contributed by atoms with Crippen LogP contribution in [0.4, 0.5) is 18.9 Å². The molecule has 3 aromatic rings. The third kappa shape index (κ3) is 5.01. The first kappa shape index (κ1) is 24.7. The van der Waals surface area contributed by atoms with E-state index in [-0.39, 0.29) is 15.5 Å².